The highest BCUT2D eigenvalue weighted by Crippen LogP contribution is 2.29. The zero-order chi connectivity index (χ0) is 21.8. The average molecular weight is 407 g/mol. The number of carbonyl (C=O) groups excluding carboxylic acids is 1. The van der Waals surface area contributed by atoms with Crippen molar-refractivity contribution in [2.45, 2.75) is 27.3 Å². The van der Waals surface area contributed by atoms with Crippen LogP contribution in [0.25, 0.3) is 11.3 Å². The lowest BCUT2D eigenvalue weighted by Gasteiger charge is -2.13. The third-order valence-corrected chi connectivity index (χ3v) is 4.96. The molecule has 0 saturated carbocycles. The molecule has 1 N–H and O–H groups in total. The van der Waals surface area contributed by atoms with Crippen LogP contribution in [0.2, 0.25) is 0 Å². The summed E-state index contributed by atoms with van der Waals surface area (Å²) in [5.41, 5.74) is 5.06. The van der Waals surface area contributed by atoms with Gasteiger partial charge in [-0.15, -0.1) is 0 Å². The largest absolute Gasteiger partial charge is 0.497 e. The molecule has 0 unspecified atom stereocenters. The van der Waals surface area contributed by atoms with E-state index in [0.29, 0.717) is 22.9 Å². The third-order valence-electron chi connectivity index (χ3n) is 4.96. The molecular weight excluding hydrogens is 382 g/mol. The molecule has 0 aliphatic heterocycles. The molecule has 0 radical (unpaired) electrons. The molecule has 0 bridgehead atoms. The zero-order valence-corrected chi connectivity index (χ0v) is 17.8. The molecule has 2 aromatic carbocycles. The number of aryl methyl sites for hydroxylation is 3. The van der Waals surface area contributed by atoms with Crippen molar-refractivity contribution in [3.05, 3.63) is 69.5 Å². The summed E-state index contributed by atoms with van der Waals surface area (Å²) in [5, 5.41) is 7.17. The summed E-state index contributed by atoms with van der Waals surface area (Å²) in [6, 6.07) is 12.3. The van der Waals surface area contributed by atoms with Crippen LogP contribution < -0.4 is 20.3 Å². The van der Waals surface area contributed by atoms with Crippen LogP contribution in [0.1, 0.15) is 16.7 Å². The second kappa shape index (κ2) is 8.82. The van der Waals surface area contributed by atoms with Crippen molar-refractivity contribution in [3.63, 3.8) is 0 Å². The van der Waals surface area contributed by atoms with Crippen molar-refractivity contribution in [1.29, 1.82) is 0 Å². The minimum absolute atomic E-state index is 0.225. The first-order valence-electron chi connectivity index (χ1n) is 9.50. The van der Waals surface area contributed by atoms with Gasteiger partial charge in [0.15, 0.2) is 0 Å². The molecule has 30 heavy (non-hydrogen) atoms. The standard InChI is InChI=1S/C23H25N3O4/c1-14-10-16(3)18(11-15(14)2)19-7-9-23(28)26(25-19)13-22(27)24-20-12-17(29-4)6-8-21(20)30-5/h6-12H,13H2,1-5H3,(H,24,27). The lowest BCUT2D eigenvalue weighted by molar-refractivity contribution is -0.117. The fourth-order valence-electron chi connectivity index (χ4n) is 3.18. The second-order valence-corrected chi connectivity index (χ2v) is 7.08. The van der Waals surface area contributed by atoms with E-state index >= 15 is 0 Å². The molecule has 1 amide bonds. The number of ether oxygens (including phenoxy) is 2. The number of hydrogen-bond acceptors (Lipinski definition) is 5. The Balaban J connectivity index is 1.87. The average Bonchev–Trinajstić information content (AvgIpc) is 2.72. The Kier molecular flexibility index (Phi) is 6.20. The van der Waals surface area contributed by atoms with Crippen LogP contribution >= 0.6 is 0 Å². The fourth-order valence-corrected chi connectivity index (χ4v) is 3.18. The van der Waals surface area contributed by atoms with Crippen molar-refractivity contribution in [2.75, 3.05) is 19.5 Å². The van der Waals surface area contributed by atoms with Crippen molar-refractivity contribution in [1.82, 2.24) is 9.78 Å². The lowest BCUT2D eigenvalue weighted by atomic mass is 9.99. The number of methoxy groups -OCH3 is 2. The number of nitrogens with zero attached hydrogens (tertiary/aromatic N) is 2. The predicted molar refractivity (Wildman–Crippen MR) is 116 cm³/mol. The van der Waals surface area contributed by atoms with Gasteiger partial charge in [0.25, 0.3) is 5.56 Å². The van der Waals surface area contributed by atoms with Gasteiger partial charge in [-0.2, -0.15) is 5.10 Å². The zero-order valence-electron chi connectivity index (χ0n) is 17.8. The fraction of sp³-hybridized carbons (Fsp3) is 0.261. The van der Waals surface area contributed by atoms with Gasteiger partial charge in [-0.1, -0.05) is 6.07 Å². The van der Waals surface area contributed by atoms with E-state index in [9.17, 15) is 9.59 Å². The molecule has 3 aromatic rings. The number of amides is 1. The van der Waals surface area contributed by atoms with Crippen molar-refractivity contribution >= 4 is 11.6 Å². The van der Waals surface area contributed by atoms with E-state index in [2.05, 4.69) is 23.4 Å². The van der Waals surface area contributed by atoms with E-state index in [-0.39, 0.29) is 12.1 Å². The molecule has 0 aliphatic rings. The van der Waals surface area contributed by atoms with Gasteiger partial charge in [-0.05, 0) is 61.7 Å². The number of carbonyl (C=O) groups is 1. The Hall–Kier alpha value is -3.61. The van der Waals surface area contributed by atoms with Gasteiger partial charge >= 0.3 is 0 Å². The maximum atomic E-state index is 12.6. The molecule has 1 heterocycles. The highest BCUT2D eigenvalue weighted by molar-refractivity contribution is 5.92. The Morgan fingerprint density at radius 1 is 0.967 bits per heavy atom. The molecule has 156 valence electrons. The predicted octanol–water partition coefficient (Wildman–Crippen LogP) is 3.49. The highest BCUT2D eigenvalue weighted by atomic mass is 16.5. The molecule has 7 heteroatoms. The van der Waals surface area contributed by atoms with Crippen LogP contribution in [0, 0.1) is 20.8 Å². The van der Waals surface area contributed by atoms with Crippen LogP contribution in [0.5, 0.6) is 11.5 Å². The summed E-state index contributed by atoms with van der Waals surface area (Å²) in [5.74, 6) is 0.669. The van der Waals surface area contributed by atoms with Gasteiger partial charge in [-0.25, -0.2) is 4.68 Å². The normalized spacial score (nSPS) is 10.6. The number of anilines is 1. The minimum Gasteiger partial charge on any atom is -0.497 e. The molecule has 0 saturated heterocycles. The smallest absolute Gasteiger partial charge is 0.267 e. The van der Waals surface area contributed by atoms with Gasteiger partial charge in [0.1, 0.15) is 18.0 Å². The van der Waals surface area contributed by atoms with Crippen molar-refractivity contribution in [3.8, 4) is 22.8 Å². The topological polar surface area (TPSA) is 82.4 Å². The number of rotatable bonds is 6. The van der Waals surface area contributed by atoms with Crippen molar-refractivity contribution < 1.29 is 14.3 Å². The van der Waals surface area contributed by atoms with Crippen LogP contribution in [0.4, 0.5) is 5.69 Å². The number of hydrogen-bond donors (Lipinski definition) is 1. The Labute approximate surface area is 175 Å². The van der Waals surface area contributed by atoms with E-state index < -0.39 is 5.91 Å². The van der Waals surface area contributed by atoms with E-state index in [0.717, 1.165) is 21.4 Å². The maximum Gasteiger partial charge on any atom is 0.267 e. The summed E-state index contributed by atoms with van der Waals surface area (Å²) >= 11 is 0. The van der Waals surface area contributed by atoms with E-state index in [4.69, 9.17) is 9.47 Å². The van der Waals surface area contributed by atoms with Crippen LogP contribution in [0.15, 0.2) is 47.3 Å². The van der Waals surface area contributed by atoms with Gasteiger partial charge in [-0.3, -0.25) is 9.59 Å². The molecular formula is C23H25N3O4. The number of nitrogens with one attached hydrogen (secondary N) is 1. The van der Waals surface area contributed by atoms with Crippen LogP contribution in [-0.4, -0.2) is 29.9 Å². The summed E-state index contributed by atoms with van der Waals surface area (Å²) in [4.78, 5) is 24.9. The molecule has 0 atom stereocenters. The van der Waals surface area contributed by atoms with E-state index in [1.165, 1.54) is 25.8 Å². The van der Waals surface area contributed by atoms with Gasteiger partial charge in [0.05, 0.1) is 25.6 Å². The molecule has 3 rings (SSSR count). The highest BCUT2D eigenvalue weighted by Gasteiger charge is 2.13. The monoisotopic (exact) mass is 407 g/mol. The first-order chi connectivity index (χ1) is 14.3. The third kappa shape index (κ3) is 4.51. The summed E-state index contributed by atoms with van der Waals surface area (Å²) in [6.07, 6.45) is 0. The van der Waals surface area contributed by atoms with Crippen LogP contribution in [-0.2, 0) is 11.3 Å². The van der Waals surface area contributed by atoms with Gasteiger partial charge in [0.2, 0.25) is 5.91 Å². The maximum absolute atomic E-state index is 12.6. The van der Waals surface area contributed by atoms with Gasteiger partial charge in [0, 0.05) is 17.7 Å². The summed E-state index contributed by atoms with van der Waals surface area (Å²) in [6.45, 7) is 5.86. The van der Waals surface area contributed by atoms with Crippen molar-refractivity contribution in [2.24, 2.45) is 0 Å². The number of aromatic nitrogens is 2. The summed E-state index contributed by atoms with van der Waals surface area (Å²) in [7, 11) is 3.05. The quantitative estimate of drug-likeness (QED) is 0.676. The van der Waals surface area contributed by atoms with E-state index in [1.54, 1.807) is 24.3 Å². The van der Waals surface area contributed by atoms with Gasteiger partial charge < -0.3 is 14.8 Å². The van der Waals surface area contributed by atoms with E-state index in [1.807, 2.05) is 19.9 Å². The lowest BCUT2D eigenvalue weighted by Crippen LogP contribution is -2.29. The molecule has 0 fully saturated rings. The first kappa shape index (κ1) is 21.1. The first-order valence-corrected chi connectivity index (χ1v) is 9.50. The van der Waals surface area contributed by atoms with Crippen LogP contribution in [0.3, 0.4) is 0 Å². The Bertz CT molecular complexity index is 1150. The number of benzene rings is 2. The Morgan fingerprint density at radius 2 is 1.70 bits per heavy atom. The minimum atomic E-state index is -0.398. The second-order valence-electron chi connectivity index (χ2n) is 7.08. The molecule has 0 spiro atoms. The Morgan fingerprint density at radius 3 is 2.40 bits per heavy atom. The SMILES string of the molecule is COc1ccc(OC)c(NC(=O)Cn2nc(-c3cc(C)c(C)cc3C)ccc2=O)c1. The molecule has 7 nitrogen and oxygen atoms in total. The summed E-state index contributed by atoms with van der Waals surface area (Å²) < 4.78 is 11.6. The molecule has 0 aliphatic carbocycles. The molecule has 1 aromatic heterocycles.